The smallest absolute Gasteiger partial charge is 0.387 e. The Labute approximate surface area is 125 Å². The number of rotatable bonds is 6. The van der Waals surface area contributed by atoms with E-state index in [1.807, 2.05) is 6.92 Å². The van der Waals surface area contributed by atoms with Gasteiger partial charge in [0.05, 0.1) is 12.2 Å². The average molecular weight is 317 g/mol. The van der Waals surface area contributed by atoms with E-state index >= 15 is 0 Å². The molecular formula is C13H15ClF2N4O. The Hall–Kier alpha value is -1.89. The van der Waals surface area contributed by atoms with E-state index in [2.05, 4.69) is 15.0 Å². The van der Waals surface area contributed by atoms with Gasteiger partial charge in [-0.15, -0.1) is 5.10 Å². The molecule has 0 radical (unpaired) electrons. The Kier molecular flexibility index (Phi) is 4.95. The topological polar surface area (TPSA) is 66.0 Å². The second kappa shape index (κ2) is 6.71. The zero-order valence-corrected chi connectivity index (χ0v) is 12.1. The lowest BCUT2D eigenvalue weighted by Gasteiger charge is -2.12. The van der Waals surface area contributed by atoms with Crippen LogP contribution in [0.1, 0.15) is 24.6 Å². The van der Waals surface area contributed by atoms with Crippen molar-refractivity contribution in [3.05, 3.63) is 34.5 Å². The molecule has 0 saturated carbocycles. The summed E-state index contributed by atoms with van der Waals surface area (Å²) in [5.74, 6) is 0.404. The maximum atomic E-state index is 12.4. The molecule has 1 aromatic carbocycles. The van der Waals surface area contributed by atoms with Crippen molar-refractivity contribution in [1.82, 2.24) is 15.0 Å². The number of ether oxygens (including phenoxy) is 1. The number of nitrogens with two attached hydrogens (primary N) is 1. The van der Waals surface area contributed by atoms with Gasteiger partial charge in [0.15, 0.2) is 5.82 Å². The molecule has 0 aliphatic heterocycles. The van der Waals surface area contributed by atoms with Gasteiger partial charge in [-0.1, -0.05) is 30.2 Å². The monoisotopic (exact) mass is 316 g/mol. The highest BCUT2D eigenvalue weighted by Crippen LogP contribution is 2.26. The quantitative estimate of drug-likeness (QED) is 0.889. The van der Waals surface area contributed by atoms with E-state index < -0.39 is 6.61 Å². The number of halogens is 3. The molecule has 0 saturated heterocycles. The Morgan fingerprint density at radius 2 is 2.19 bits per heavy atom. The van der Waals surface area contributed by atoms with Crippen LogP contribution in [0.4, 0.5) is 14.6 Å². The number of benzene rings is 1. The van der Waals surface area contributed by atoms with Crippen molar-refractivity contribution in [2.24, 2.45) is 0 Å². The molecule has 0 atom stereocenters. The Balaban J connectivity index is 2.32. The largest absolute Gasteiger partial charge is 0.434 e. The Bertz CT molecular complexity index is 618. The van der Waals surface area contributed by atoms with Gasteiger partial charge in [0.2, 0.25) is 0 Å². The van der Waals surface area contributed by atoms with E-state index in [4.69, 9.17) is 17.3 Å². The van der Waals surface area contributed by atoms with Crippen LogP contribution in [0.5, 0.6) is 5.75 Å². The van der Waals surface area contributed by atoms with Crippen molar-refractivity contribution >= 4 is 17.4 Å². The molecule has 0 aliphatic rings. The van der Waals surface area contributed by atoms with Crippen molar-refractivity contribution in [3.63, 3.8) is 0 Å². The van der Waals surface area contributed by atoms with E-state index in [1.54, 1.807) is 10.7 Å². The van der Waals surface area contributed by atoms with E-state index in [-0.39, 0.29) is 12.3 Å². The first kappa shape index (κ1) is 15.5. The zero-order valence-electron chi connectivity index (χ0n) is 11.4. The molecular weight excluding hydrogens is 302 g/mol. The standard InChI is InChI=1S/C13H15ClF2N4O/c1-2-3-10-12(17)18-19-20(10)7-8-6-9(14)4-5-11(8)21-13(15)16/h4-6,13H,2-3,7,17H2,1H3. The summed E-state index contributed by atoms with van der Waals surface area (Å²) in [5, 5.41) is 8.18. The van der Waals surface area contributed by atoms with Gasteiger partial charge in [0, 0.05) is 10.6 Å². The predicted molar refractivity (Wildman–Crippen MR) is 75.6 cm³/mol. The van der Waals surface area contributed by atoms with E-state index in [0.717, 1.165) is 12.1 Å². The minimum absolute atomic E-state index is 0.0610. The minimum Gasteiger partial charge on any atom is -0.434 e. The molecule has 2 rings (SSSR count). The van der Waals surface area contributed by atoms with Crippen LogP contribution < -0.4 is 10.5 Å². The second-order valence-electron chi connectivity index (χ2n) is 4.46. The van der Waals surface area contributed by atoms with Gasteiger partial charge >= 0.3 is 6.61 Å². The summed E-state index contributed by atoms with van der Waals surface area (Å²) in [7, 11) is 0. The predicted octanol–water partition coefficient (Wildman–Crippen LogP) is 3.12. The van der Waals surface area contributed by atoms with Gasteiger partial charge in [0.25, 0.3) is 0 Å². The van der Waals surface area contributed by atoms with Crippen LogP contribution in [0.3, 0.4) is 0 Å². The van der Waals surface area contributed by atoms with Crippen LogP contribution >= 0.6 is 11.6 Å². The molecule has 8 heteroatoms. The number of nitrogens with zero attached hydrogens (tertiary/aromatic N) is 3. The number of anilines is 1. The van der Waals surface area contributed by atoms with Crippen LogP contribution in [-0.4, -0.2) is 21.6 Å². The van der Waals surface area contributed by atoms with Crippen LogP contribution in [-0.2, 0) is 13.0 Å². The number of hydrogen-bond acceptors (Lipinski definition) is 4. The van der Waals surface area contributed by atoms with Crippen molar-refractivity contribution in [1.29, 1.82) is 0 Å². The van der Waals surface area contributed by atoms with Crippen LogP contribution in [0.15, 0.2) is 18.2 Å². The van der Waals surface area contributed by atoms with Gasteiger partial charge in [-0.25, -0.2) is 4.68 Å². The number of alkyl halides is 2. The van der Waals surface area contributed by atoms with Gasteiger partial charge in [-0.2, -0.15) is 8.78 Å². The molecule has 0 bridgehead atoms. The second-order valence-corrected chi connectivity index (χ2v) is 4.90. The first-order valence-corrected chi connectivity index (χ1v) is 6.80. The first-order chi connectivity index (χ1) is 10.0. The summed E-state index contributed by atoms with van der Waals surface area (Å²) in [6.07, 6.45) is 1.57. The molecule has 21 heavy (non-hydrogen) atoms. The molecule has 5 nitrogen and oxygen atoms in total. The number of nitrogen functional groups attached to an aromatic ring is 1. The fourth-order valence-corrected chi connectivity index (χ4v) is 2.21. The lowest BCUT2D eigenvalue weighted by Crippen LogP contribution is -2.10. The summed E-state index contributed by atoms with van der Waals surface area (Å²) in [5.41, 5.74) is 7.01. The maximum Gasteiger partial charge on any atom is 0.387 e. The van der Waals surface area contributed by atoms with Crippen molar-refractivity contribution in [3.8, 4) is 5.75 Å². The molecule has 0 spiro atoms. The third kappa shape index (κ3) is 3.81. The van der Waals surface area contributed by atoms with Gasteiger partial charge in [0.1, 0.15) is 5.75 Å². The molecule has 1 heterocycles. The first-order valence-electron chi connectivity index (χ1n) is 6.42. The molecule has 2 aromatic rings. The summed E-state index contributed by atoms with van der Waals surface area (Å²) < 4.78 is 30.9. The molecule has 0 aliphatic carbocycles. The van der Waals surface area contributed by atoms with Crippen LogP contribution in [0.2, 0.25) is 5.02 Å². The summed E-state index contributed by atoms with van der Waals surface area (Å²) in [4.78, 5) is 0. The van der Waals surface area contributed by atoms with Crippen LogP contribution in [0, 0.1) is 0 Å². The number of aromatic nitrogens is 3. The highest BCUT2D eigenvalue weighted by Gasteiger charge is 2.14. The molecule has 1 aromatic heterocycles. The lowest BCUT2D eigenvalue weighted by atomic mass is 10.2. The van der Waals surface area contributed by atoms with Crippen molar-refractivity contribution in [2.75, 3.05) is 5.73 Å². The van der Waals surface area contributed by atoms with Gasteiger partial charge in [-0.3, -0.25) is 0 Å². The van der Waals surface area contributed by atoms with Crippen LogP contribution in [0.25, 0.3) is 0 Å². The number of hydrogen-bond donors (Lipinski definition) is 1. The molecule has 0 amide bonds. The third-order valence-electron chi connectivity index (χ3n) is 2.91. The highest BCUT2D eigenvalue weighted by atomic mass is 35.5. The van der Waals surface area contributed by atoms with E-state index in [9.17, 15) is 8.78 Å². The Morgan fingerprint density at radius 3 is 2.86 bits per heavy atom. The average Bonchev–Trinajstić information content (AvgIpc) is 2.75. The van der Waals surface area contributed by atoms with Crippen molar-refractivity contribution < 1.29 is 13.5 Å². The molecule has 2 N–H and O–H groups in total. The normalized spacial score (nSPS) is 11.1. The molecule has 0 fully saturated rings. The summed E-state index contributed by atoms with van der Waals surface area (Å²) in [6.45, 7) is -0.690. The maximum absolute atomic E-state index is 12.4. The van der Waals surface area contributed by atoms with E-state index in [1.165, 1.54) is 12.1 Å². The summed E-state index contributed by atoms with van der Waals surface area (Å²) in [6, 6.07) is 4.46. The minimum atomic E-state index is -2.90. The summed E-state index contributed by atoms with van der Waals surface area (Å²) >= 11 is 5.91. The highest BCUT2D eigenvalue weighted by molar-refractivity contribution is 6.30. The molecule has 0 unspecified atom stereocenters. The molecule has 114 valence electrons. The zero-order chi connectivity index (χ0) is 15.4. The third-order valence-corrected chi connectivity index (χ3v) is 3.15. The van der Waals surface area contributed by atoms with Gasteiger partial charge in [-0.05, 0) is 24.6 Å². The SMILES string of the molecule is CCCc1c(N)nnn1Cc1cc(Cl)ccc1OC(F)F. The van der Waals surface area contributed by atoms with Crippen molar-refractivity contribution in [2.45, 2.75) is 32.9 Å². The van der Waals surface area contributed by atoms with E-state index in [0.29, 0.717) is 22.8 Å². The fraction of sp³-hybridized carbons (Fsp3) is 0.385. The van der Waals surface area contributed by atoms with Gasteiger partial charge < -0.3 is 10.5 Å². The lowest BCUT2D eigenvalue weighted by molar-refractivity contribution is -0.0505. The fourth-order valence-electron chi connectivity index (χ4n) is 2.01. The Morgan fingerprint density at radius 1 is 1.43 bits per heavy atom.